The Kier molecular flexibility index (Phi) is 3.34. The lowest BCUT2D eigenvalue weighted by Crippen LogP contribution is -2.31. The molecule has 0 saturated heterocycles. The predicted octanol–water partition coefficient (Wildman–Crippen LogP) is 2.54. The van der Waals surface area contributed by atoms with E-state index in [0.29, 0.717) is 17.0 Å². The van der Waals surface area contributed by atoms with Crippen molar-refractivity contribution in [3.8, 4) is 0 Å². The van der Waals surface area contributed by atoms with Crippen molar-refractivity contribution in [2.75, 3.05) is 18.2 Å². The molecule has 0 fully saturated rings. The fraction of sp³-hybridized carbons (Fsp3) is 0.385. The van der Waals surface area contributed by atoms with Crippen LogP contribution in [0.5, 0.6) is 0 Å². The fourth-order valence-electron chi connectivity index (χ4n) is 1.67. The lowest BCUT2D eigenvalue weighted by Gasteiger charge is -2.19. The molecule has 1 heterocycles. The maximum Gasteiger partial charge on any atom is 0.340 e. The van der Waals surface area contributed by atoms with E-state index >= 15 is 0 Å². The largest absolute Gasteiger partial charge is 0.465 e. The highest BCUT2D eigenvalue weighted by molar-refractivity contribution is 7.99. The van der Waals surface area contributed by atoms with Gasteiger partial charge in [0.25, 0.3) is 0 Å². The number of ether oxygens (including phenoxy) is 1. The zero-order valence-corrected chi connectivity index (χ0v) is 11.4. The zero-order chi connectivity index (χ0) is 13.3. The molecule has 4 nitrogen and oxygen atoms in total. The number of esters is 1. The van der Waals surface area contributed by atoms with Crippen molar-refractivity contribution < 1.29 is 14.3 Å². The Bertz CT molecular complexity index is 511. The first kappa shape index (κ1) is 13.0. The number of amides is 1. The van der Waals surface area contributed by atoms with Crippen LogP contribution in [0.3, 0.4) is 0 Å². The second-order valence-corrected chi connectivity index (χ2v) is 5.81. The van der Waals surface area contributed by atoms with Gasteiger partial charge in [-0.05, 0) is 12.1 Å². The molecule has 0 spiro atoms. The SMILES string of the molecule is COC(=O)c1cccc2c1NC(=O)C(C)(C)CS2. The number of anilines is 1. The molecule has 0 aromatic heterocycles. The van der Waals surface area contributed by atoms with Gasteiger partial charge in [0.05, 0.1) is 23.8 Å². The maximum atomic E-state index is 12.1. The van der Waals surface area contributed by atoms with E-state index in [9.17, 15) is 9.59 Å². The highest BCUT2D eigenvalue weighted by Crippen LogP contribution is 2.39. The standard InChI is InChI=1S/C13H15NO3S/c1-13(2)7-18-9-6-4-5-8(11(15)17-3)10(9)14-12(13)16/h4-6H,7H2,1-3H3,(H,14,16). The summed E-state index contributed by atoms with van der Waals surface area (Å²) < 4.78 is 4.73. The minimum absolute atomic E-state index is 0.0786. The fourth-order valence-corrected chi connectivity index (χ4v) is 2.79. The number of benzene rings is 1. The normalized spacial score (nSPS) is 17.4. The van der Waals surface area contributed by atoms with Crippen LogP contribution in [-0.4, -0.2) is 24.7 Å². The molecule has 1 aromatic rings. The first-order valence-electron chi connectivity index (χ1n) is 5.61. The molecule has 1 aromatic carbocycles. The summed E-state index contributed by atoms with van der Waals surface area (Å²) in [5.74, 6) is 0.161. The minimum Gasteiger partial charge on any atom is -0.465 e. The van der Waals surface area contributed by atoms with Crippen LogP contribution < -0.4 is 5.32 Å². The van der Waals surface area contributed by atoms with Gasteiger partial charge in [-0.1, -0.05) is 19.9 Å². The van der Waals surface area contributed by atoms with E-state index in [2.05, 4.69) is 5.32 Å². The lowest BCUT2D eigenvalue weighted by atomic mass is 9.95. The number of nitrogens with one attached hydrogen (secondary N) is 1. The first-order valence-corrected chi connectivity index (χ1v) is 6.60. The Morgan fingerprint density at radius 3 is 2.83 bits per heavy atom. The van der Waals surface area contributed by atoms with Gasteiger partial charge in [0.2, 0.25) is 5.91 Å². The summed E-state index contributed by atoms with van der Waals surface area (Å²) in [5.41, 5.74) is 0.496. The molecule has 96 valence electrons. The summed E-state index contributed by atoms with van der Waals surface area (Å²) in [5, 5.41) is 2.84. The number of para-hydroxylation sites is 1. The number of hydrogen-bond donors (Lipinski definition) is 1. The molecule has 0 unspecified atom stereocenters. The van der Waals surface area contributed by atoms with E-state index in [1.807, 2.05) is 19.9 Å². The van der Waals surface area contributed by atoms with Crippen molar-refractivity contribution in [3.63, 3.8) is 0 Å². The Labute approximate surface area is 110 Å². The van der Waals surface area contributed by atoms with Crippen molar-refractivity contribution in [1.29, 1.82) is 0 Å². The second kappa shape index (κ2) is 4.65. The van der Waals surface area contributed by atoms with Crippen molar-refractivity contribution >= 4 is 29.3 Å². The van der Waals surface area contributed by atoms with Gasteiger partial charge < -0.3 is 10.1 Å². The number of fused-ring (bicyclic) bond motifs is 1. The van der Waals surface area contributed by atoms with Crippen LogP contribution in [-0.2, 0) is 9.53 Å². The van der Waals surface area contributed by atoms with Crippen molar-refractivity contribution in [2.24, 2.45) is 5.41 Å². The van der Waals surface area contributed by atoms with Gasteiger partial charge in [-0.15, -0.1) is 11.8 Å². The highest BCUT2D eigenvalue weighted by Gasteiger charge is 2.33. The molecule has 0 bridgehead atoms. The molecule has 18 heavy (non-hydrogen) atoms. The van der Waals surface area contributed by atoms with E-state index in [1.165, 1.54) is 7.11 Å². The van der Waals surface area contributed by atoms with Gasteiger partial charge in [-0.3, -0.25) is 4.79 Å². The molecule has 0 saturated carbocycles. The van der Waals surface area contributed by atoms with E-state index in [0.717, 1.165) is 4.90 Å². The van der Waals surface area contributed by atoms with Crippen LogP contribution >= 0.6 is 11.8 Å². The van der Waals surface area contributed by atoms with E-state index in [-0.39, 0.29) is 5.91 Å². The first-order chi connectivity index (χ1) is 8.45. The van der Waals surface area contributed by atoms with Crippen LogP contribution in [0.2, 0.25) is 0 Å². The van der Waals surface area contributed by atoms with Crippen LogP contribution in [0.1, 0.15) is 24.2 Å². The molecular formula is C13H15NO3S. The Hall–Kier alpha value is -1.49. The molecule has 0 atom stereocenters. The molecule has 1 N–H and O–H groups in total. The monoisotopic (exact) mass is 265 g/mol. The molecule has 1 amide bonds. The molecular weight excluding hydrogens is 250 g/mol. The predicted molar refractivity (Wildman–Crippen MR) is 70.9 cm³/mol. The van der Waals surface area contributed by atoms with Gasteiger partial charge in [-0.25, -0.2) is 4.79 Å². The number of hydrogen-bond acceptors (Lipinski definition) is 4. The van der Waals surface area contributed by atoms with Gasteiger partial charge in [0.15, 0.2) is 0 Å². The molecule has 1 aliphatic rings. The zero-order valence-electron chi connectivity index (χ0n) is 10.6. The summed E-state index contributed by atoms with van der Waals surface area (Å²) >= 11 is 1.57. The van der Waals surface area contributed by atoms with Crippen LogP contribution in [0.4, 0.5) is 5.69 Å². The summed E-state index contributed by atoms with van der Waals surface area (Å²) in [4.78, 5) is 24.7. The molecule has 0 radical (unpaired) electrons. The van der Waals surface area contributed by atoms with Crippen molar-refractivity contribution in [3.05, 3.63) is 23.8 Å². The average molecular weight is 265 g/mol. The van der Waals surface area contributed by atoms with E-state index in [1.54, 1.807) is 23.9 Å². The Morgan fingerprint density at radius 2 is 2.17 bits per heavy atom. The smallest absolute Gasteiger partial charge is 0.340 e. The maximum absolute atomic E-state index is 12.1. The van der Waals surface area contributed by atoms with E-state index in [4.69, 9.17) is 4.74 Å². The quantitative estimate of drug-likeness (QED) is 0.793. The van der Waals surface area contributed by atoms with Gasteiger partial charge in [-0.2, -0.15) is 0 Å². The Balaban J connectivity index is 2.49. The summed E-state index contributed by atoms with van der Waals surface area (Å²) in [7, 11) is 1.33. The molecule has 1 aliphatic heterocycles. The third-order valence-electron chi connectivity index (χ3n) is 2.87. The van der Waals surface area contributed by atoms with Crippen molar-refractivity contribution in [1.82, 2.24) is 0 Å². The summed E-state index contributed by atoms with van der Waals surface area (Å²) in [6, 6.07) is 5.35. The third kappa shape index (κ3) is 2.22. The second-order valence-electron chi connectivity index (χ2n) is 4.80. The van der Waals surface area contributed by atoms with Crippen LogP contribution in [0.15, 0.2) is 23.1 Å². The molecule has 0 aliphatic carbocycles. The number of methoxy groups -OCH3 is 1. The van der Waals surface area contributed by atoms with Crippen LogP contribution in [0.25, 0.3) is 0 Å². The van der Waals surface area contributed by atoms with Gasteiger partial charge >= 0.3 is 5.97 Å². The van der Waals surface area contributed by atoms with Gasteiger partial charge in [0, 0.05) is 10.6 Å². The van der Waals surface area contributed by atoms with E-state index < -0.39 is 11.4 Å². The molecule has 2 rings (SSSR count). The van der Waals surface area contributed by atoms with Gasteiger partial charge in [0.1, 0.15) is 0 Å². The lowest BCUT2D eigenvalue weighted by molar-refractivity contribution is -0.122. The summed E-state index contributed by atoms with van der Waals surface area (Å²) in [6.07, 6.45) is 0. The van der Waals surface area contributed by atoms with Crippen LogP contribution in [0, 0.1) is 5.41 Å². The number of carbonyl (C=O) groups is 2. The Morgan fingerprint density at radius 1 is 1.44 bits per heavy atom. The summed E-state index contributed by atoms with van der Waals surface area (Å²) in [6.45, 7) is 3.78. The van der Waals surface area contributed by atoms with Crippen molar-refractivity contribution in [2.45, 2.75) is 18.7 Å². The highest BCUT2D eigenvalue weighted by atomic mass is 32.2. The average Bonchev–Trinajstić information content (AvgIpc) is 2.46. The number of carbonyl (C=O) groups excluding carboxylic acids is 2. The minimum atomic E-state index is -0.461. The topological polar surface area (TPSA) is 55.4 Å². The number of thioether (sulfide) groups is 1. The number of rotatable bonds is 1. The third-order valence-corrected chi connectivity index (χ3v) is 4.39. The molecule has 5 heteroatoms.